The summed E-state index contributed by atoms with van der Waals surface area (Å²) in [5.74, 6) is -0.878. The first kappa shape index (κ1) is 18.1. The molecule has 142 valence electrons. The van der Waals surface area contributed by atoms with Gasteiger partial charge in [0.1, 0.15) is 12.1 Å². The predicted octanol–water partition coefficient (Wildman–Crippen LogP) is 4.16. The second-order valence-corrected chi connectivity index (χ2v) is 7.04. The van der Waals surface area contributed by atoms with Crippen LogP contribution in [-0.4, -0.2) is 35.5 Å². The molecule has 3 aromatic rings. The number of benzene rings is 2. The summed E-state index contributed by atoms with van der Waals surface area (Å²) in [5.41, 5.74) is 3.18. The first-order valence-corrected chi connectivity index (χ1v) is 9.25. The Morgan fingerprint density at radius 1 is 1.07 bits per heavy atom. The molecule has 0 spiro atoms. The van der Waals surface area contributed by atoms with E-state index in [1.807, 2.05) is 38.2 Å². The number of fused-ring (bicyclic) bond motifs is 1. The molecule has 1 aliphatic rings. The molecule has 0 saturated heterocycles. The van der Waals surface area contributed by atoms with Gasteiger partial charge in [0.2, 0.25) is 0 Å². The number of carbonyl (C=O) groups excluding carboxylic acids is 1. The highest BCUT2D eigenvalue weighted by atomic mass is 19.1. The predicted molar refractivity (Wildman–Crippen MR) is 108 cm³/mol. The molecule has 0 bridgehead atoms. The van der Waals surface area contributed by atoms with E-state index in [1.165, 1.54) is 12.4 Å². The van der Waals surface area contributed by atoms with Gasteiger partial charge in [-0.25, -0.2) is 14.4 Å². The lowest BCUT2D eigenvalue weighted by molar-refractivity contribution is 0.0974. The highest BCUT2D eigenvalue weighted by molar-refractivity contribution is 6.08. The van der Waals surface area contributed by atoms with E-state index in [0.29, 0.717) is 11.1 Å². The van der Waals surface area contributed by atoms with Crippen molar-refractivity contribution in [2.45, 2.75) is 19.4 Å². The van der Waals surface area contributed by atoms with Crippen LogP contribution in [0.5, 0.6) is 0 Å². The van der Waals surface area contributed by atoms with E-state index >= 15 is 0 Å². The first-order valence-electron chi connectivity index (χ1n) is 9.25. The van der Waals surface area contributed by atoms with Crippen molar-refractivity contribution in [2.24, 2.45) is 0 Å². The van der Waals surface area contributed by atoms with Crippen molar-refractivity contribution in [3.8, 4) is 11.1 Å². The summed E-state index contributed by atoms with van der Waals surface area (Å²) in [7, 11) is 2.01. The van der Waals surface area contributed by atoms with Crippen LogP contribution in [0.4, 0.5) is 15.8 Å². The van der Waals surface area contributed by atoms with Crippen LogP contribution in [0.25, 0.3) is 11.1 Å². The van der Waals surface area contributed by atoms with Crippen LogP contribution in [-0.2, 0) is 0 Å². The molecule has 2 aromatic carbocycles. The Morgan fingerprint density at radius 2 is 1.79 bits per heavy atom. The summed E-state index contributed by atoms with van der Waals surface area (Å²) in [6.07, 6.45) is 5.46. The molecule has 4 rings (SSSR count). The van der Waals surface area contributed by atoms with Gasteiger partial charge >= 0.3 is 0 Å². The molecule has 0 fully saturated rings. The zero-order valence-corrected chi connectivity index (χ0v) is 15.8. The Balaban J connectivity index is 1.74. The van der Waals surface area contributed by atoms with E-state index in [4.69, 9.17) is 0 Å². The van der Waals surface area contributed by atoms with Crippen molar-refractivity contribution in [1.29, 1.82) is 0 Å². The topological polar surface area (TPSA) is 49.3 Å². The second-order valence-electron chi connectivity index (χ2n) is 7.04. The molecular weight excluding hydrogens is 355 g/mol. The molecule has 2 heterocycles. The van der Waals surface area contributed by atoms with Crippen molar-refractivity contribution >= 4 is 17.3 Å². The Bertz CT molecular complexity index is 1010. The zero-order chi connectivity index (χ0) is 19.7. The molecule has 1 aromatic heterocycles. The molecule has 5 nitrogen and oxygen atoms in total. The highest BCUT2D eigenvalue weighted by Crippen LogP contribution is 2.35. The Morgan fingerprint density at radius 3 is 2.50 bits per heavy atom. The third-order valence-electron chi connectivity index (χ3n) is 5.19. The third-order valence-corrected chi connectivity index (χ3v) is 5.19. The van der Waals surface area contributed by atoms with Crippen molar-refractivity contribution in [1.82, 2.24) is 9.97 Å². The molecule has 1 unspecified atom stereocenters. The average Bonchev–Trinajstić information content (AvgIpc) is 2.85. The quantitative estimate of drug-likeness (QED) is 0.674. The van der Waals surface area contributed by atoms with E-state index in [2.05, 4.69) is 14.9 Å². The molecule has 1 atom stereocenters. The van der Waals surface area contributed by atoms with Gasteiger partial charge in [0, 0.05) is 37.6 Å². The van der Waals surface area contributed by atoms with Crippen LogP contribution >= 0.6 is 0 Å². The highest BCUT2D eigenvalue weighted by Gasteiger charge is 2.30. The third kappa shape index (κ3) is 3.22. The number of hydrogen-bond donors (Lipinski definition) is 0. The van der Waals surface area contributed by atoms with Gasteiger partial charge in [0.05, 0.1) is 16.9 Å². The maximum Gasteiger partial charge on any atom is 0.261 e. The van der Waals surface area contributed by atoms with Crippen molar-refractivity contribution in [2.75, 3.05) is 23.4 Å². The lowest BCUT2D eigenvalue weighted by atomic mass is 10.0. The van der Waals surface area contributed by atoms with Crippen LogP contribution < -0.4 is 9.80 Å². The summed E-state index contributed by atoms with van der Waals surface area (Å²) in [4.78, 5) is 25.1. The van der Waals surface area contributed by atoms with Gasteiger partial charge in [-0.15, -0.1) is 0 Å². The fourth-order valence-electron chi connectivity index (χ4n) is 3.61. The van der Waals surface area contributed by atoms with E-state index in [1.54, 1.807) is 29.4 Å². The minimum absolute atomic E-state index is 0.0415. The number of nitrogens with zero attached hydrogens (tertiary/aromatic N) is 4. The second kappa shape index (κ2) is 7.38. The van der Waals surface area contributed by atoms with Crippen LogP contribution in [0.15, 0.2) is 61.2 Å². The van der Waals surface area contributed by atoms with Gasteiger partial charge in [0.25, 0.3) is 5.91 Å². The van der Waals surface area contributed by atoms with Crippen molar-refractivity contribution < 1.29 is 9.18 Å². The molecule has 1 amide bonds. The van der Waals surface area contributed by atoms with Gasteiger partial charge in [-0.1, -0.05) is 18.2 Å². The zero-order valence-electron chi connectivity index (χ0n) is 15.8. The summed E-state index contributed by atoms with van der Waals surface area (Å²) in [5, 5.41) is 0. The van der Waals surface area contributed by atoms with Crippen molar-refractivity contribution in [3.63, 3.8) is 0 Å². The van der Waals surface area contributed by atoms with Crippen LogP contribution in [0.1, 0.15) is 23.7 Å². The minimum Gasteiger partial charge on any atom is -0.373 e. The molecule has 28 heavy (non-hydrogen) atoms. The Hall–Kier alpha value is -3.28. The lowest BCUT2D eigenvalue weighted by Gasteiger charge is -2.29. The van der Waals surface area contributed by atoms with Crippen LogP contribution in [0.2, 0.25) is 0 Å². The van der Waals surface area contributed by atoms with E-state index in [-0.39, 0.29) is 17.5 Å². The van der Waals surface area contributed by atoms with Crippen LogP contribution in [0.3, 0.4) is 0 Å². The van der Waals surface area contributed by atoms with Gasteiger partial charge in [-0.2, -0.15) is 0 Å². The standard InChI is InChI=1S/C22H21FN4O/c1-15-9-10-26(2)20-5-3-4-6-21(20)27(15)22(28)18-8-7-16(11-19(18)23)17-12-24-14-25-13-17/h3-8,11-15H,9-10H2,1-2H3. The lowest BCUT2D eigenvalue weighted by Crippen LogP contribution is -2.39. The number of para-hydroxylation sites is 2. The van der Waals surface area contributed by atoms with Crippen LogP contribution in [0, 0.1) is 5.82 Å². The van der Waals surface area contributed by atoms with Gasteiger partial charge in [0.15, 0.2) is 0 Å². The average molecular weight is 376 g/mol. The van der Waals surface area contributed by atoms with Crippen molar-refractivity contribution in [3.05, 3.63) is 72.6 Å². The van der Waals surface area contributed by atoms with Gasteiger partial charge in [-0.05, 0) is 43.2 Å². The minimum atomic E-state index is -0.548. The summed E-state index contributed by atoms with van der Waals surface area (Å²) >= 11 is 0. The number of amides is 1. The first-order chi connectivity index (χ1) is 13.6. The van der Waals surface area contributed by atoms with Gasteiger partial charge in [-0.3, -0.25) is 4.79 Å². The maximum atomic E-state index is 14.9. The molecule has 0 saturated carbocycles. The molecule has 0 N–H and O–H groups in total. The molecule has 6 heteroatoms. The summed E-state index contributed by atoms with van der Waals surface area (Å²) < 4.78 is 14.9. The van der Waals surface area contributed by atoms with E-state index in [0.717, 1.165) is 24.3 Å². The van der Waals surface area contributed by atoms with E-state index in [9.17, 15) is 9.18 Å². The molecule has 0 radical (unpaired) electrons. The summed E-state index contributed by atoms with van der Waals surface area (Å²) in [6.45, 7) is 2.83. The number of halogens is 1. The molecular formula is C22H21FN4O. The maximum absolute atomic E-state index is 14.9. The number of anilines is 2. The molecule has 0 aliphatic carbocycles. The number of rotatable bonds is 2. The summed E-state index contributed by atoms with van der Waals surface area (Å²) in [6, 6.07) is 12.4. The Kier molecular flexibility index (Phi) is 4.77. The fraction of sp³-hybridized carbons (Fsp3) is 0.227. The smallest absolute Gasteiger partial charge is 0.261 e. The molecule has 1 aliphatic heterocycles. The van der Waals surface area contributed by atoms with E-state index < -0.39 is 5.82 Å². The largest absolute Gasteiger partial charge is 0.373 e. The SMILES string of the molecule is CC1CCN(C)c2ccccc2N1C(=O)c1ccc(-c2cncnc2)cc1F. The number of carbonyl (C=O) groups is 1. The Labute approximate surface area is 163 Å². The fourth-order valence-corrected chi connectivity index (χ4v) is 3.61. The number of hydrogen-bond acceptors (Lipinski definition) is 4. The van der Waals surface area contributed by atoms with Gasteiger partial charge < -0.3 is 9.80 Å². The normalized spacial score (nSPS) is 16.5. The number of aromatic nitrogens is 2. The monoisotopic (exact) mass is 376 g/mol.